The van der Waals surface area contributed by atoms with Crippen LogP contribution < -0.4 is 5.73 Å². The van der Waals surface area contributed by atoms with E-state index in [9.17, 15) is 0 Å². The molecule has 0 aliphatic rings. The predicted molar refractivity (Wildman–Crippen MR) is 60.5 cm³/mol. The van der Waals surface area contributed by atoms with E-state index >= 15 is 0 Å². The van der Waals surface area contributed by atoms with Crippen molar-refractivity contribution in [2.75, 3.05) is 5.73 Å². The number of nitrogens with zero attached hydrogens (tertiary/aromatic N) is 3. The van der Waals surface area contributed by atoms with Crippen LogP contribution in [0.1, 0.15) is 5.69 Å². The van der Waals surface area contributed by atoms with E-state index in [0.717, 1.165) is 5.69 Å². The number of pyridine rings is 1. The lowest BCUT2D eigenvalue weighted by atomic mass is 10.4. The molecule has 0 aliphatic heterocycles. The largest absolute Gasteiger partial charge is 0.396 e. The Labute approximate surface area is 96.6 Å². The van der Waals surface area contributed by atoms with Gasteiger partial charge in [-0.15, -0.1) is 0 Å². The van der Waals surface area contributed by atoms with Crippen molar-refractivity contribution >= 4 is 28.9 Å². The first-order valence-electron chi connectivity index (χ1n) is 4.21. The molecule has 0 amide bonds. The summed E-state index contributed by atoms with van der Waals surface area (Å²) in [6, 6.07) is 1.62. The van der Waals surface area contributed by atoms with E-state index in [1.807, 2.05) is 6.92 Å². The molecule has 0 spiro atoms. The van der Waals surface area contributed by atoms with Crippen LogP contribution in [0.15, 0.2) is 18.5 Å². The molecule has 0 atom stereocenters. The zero-order valence-corrected chi connectivity index (χ0v) is 9.42. The highest BCUT2D eigenvalue weighted by Crippen LogP contribution is 2.21. The van der Waals surface area contributed by atoms with Crippen LogP contribution in [0.2, 0.25) is 10.0 Å². The van der Waals surface area contributed by atoms with Crippen molar-refractivity contribution in [2.45, 2.75) is 6.92 Å². The van der Waals surface area contributed by atoms with E-state index in [1.165, 1.54) is 10.9 Å². The Morgan fingerprint density at radius 3 is 2.67 bits per heavy atom. The maximum Gasteiger partial charge on any atom is 0.176 e. The van der Waals surface area contributed by atoms with Gasteiger partial charge in [0.15, 0.2) is 5.82 Å². The fraction of sp³-hybridized carbons (Fsp3) is 0.111. The lowest BCUT2D eigenvalue weighted by molar-refractivity contribution is 0.835. The van der Waals surface area contributed by atoms with Gasteiger partial charge in [0.25, 0.3) is 0 Å². The Morgan fingerprint density at radius 2 is 2.13 bits per heavy atom. The molecule has 0 fully saturated rings. The third-order valence-electron chi connectivity index (χ3n) is 1.92. The van der Waals surface area contributed by atoms with Crippen molar-refractivity contribution in [3.63, 3.8) is 0 Å². The molecule has 0 saturated heterocycles. The highest BCUT2D eigenvalue weighted by molar-refractivity contribution is 6.31. The van der Waals surface area contributed by atoms with Gasteiger partial charge in [0.2, 0.25) is 0 Å². The van der Waals surface area contributed by atoms with Crippen LogP contribution in [0, 0.1) is 6.92 Å². The summed E-state index contributed by atoms with van der Waals surface area (Å²) in [6.07, 6.45) is 3.17. The minimum absolute atomic E-state index is 0.460. The summed E-state index contributed by atoms with van der Waals surface area (Å²) in [5.41, 5.74) is 6.95. The van der Waals surface area contributed by atoms with Crippen LogP contribution >= 0.6 is 23.2 Å². The molecule has 0 aromatic carbocycles. The summed E-state index contributed by atoms with van der Waals surface area (Å²) < 4.78 is 1.53. The molecule has 2 heterocycles. The van der Waals surface area contributed by atoms with Gasteiger partial charge in [0.1, 0.15) is 0 Å². The van der Waals surface area contributed by atoms with Crippen molar-refractivity contribution in [3.05, 3.63) is 34.2 Å². The number of nitrogens with two attached hydrogens (primary N) is 1. The average molecular weight is 243 g/mol. The Balaban J connectivity index is 2.54. The van der Waals surface area contributed by atoms with Gasteiger partial charge < -0.3 is 5.73 Å². The van der Waals surface area contributed by atoms with Crippen LogP contribution in [-0.2, 0) is 0 Å². The van der Waals surface area contributed by atoms with E-state index in [-0.39, 0.29) is 0 Å². The summed E-state index contributed by atoms with van der Waals surface area (Å²) in [5, 5.41) is 5.24. The van der Waals surface area contributed by atoms with Crippen LogP contribution in [0.3, 0.4) is 0 Å². The quantitative estimate of drug-likeness (QED) is 0.836. The molecule has 78 valence electrons. The van der Waals surface area contributed by atoms with Gasteiger partial charge in [-0.3, -0.25) is 0 Å². The number of halogens is 2. The monoisotopic (exact) mass is 242 g/mol. The molecule has 15 heavy (non-hydrogen) atoms. The molecule has 2 aromatic heterocycles. The molecule has 2 N–H and O–H groups in total. The molecule has 0 radical (unpaired) electrons. The standard InChI is InChI=1S/C9H8Cl2N4/c1-5-7(11)4-15(14-5)9-8(12)2-6(10)3-13-9/h2-4H,12H2,1H3. The highest BCUT2D eigenvalue weighted by Gasteiger charge is 2.08. The van der Waals surface area contributed by atoms with Gasteiger partial charge in [-0.1, -0.05) is 23.2 Å². The van der Waals surface area contributed by atoms with Crippen LogP contribution in [0.25, 0.3) is 5.82 Å². The van der Waals surface area contributed by atoms with Gasteiger partial charge in [0, 0.05) is 6.20 Å². The third-order valence-corrected chi connectivity index (χ3v) is 2.50. The van der Waals surface area contributed by atoms with Gasteiger partial charge in [-0.05, 0) is 13.0 Å². The number of hydrogen-bond acceptors (Lipinski definition) is 3. The van der Waals surface area contributed by atoms with Crippen LogP contribution in [-0.4, -0.2) is 14.8 Å². The predicted octanol–water partition coefficient (Wildman–Crippen LogP) is 2.46. The molecule has 0 bridgehead atoms. The Kier molecular flexibility index (Phi) is 2.54. The molecule has 0 unspecified atom stereocenters. The van der Waals surface area contributed by atoms with Crippen LogP contribution in [0.4, 0.5) is 5.69 Å². The summed E-state index contributed by atoms with van der Waals surface area (Å²) >= 11 is 11.6. The van der Waals surface area contributed by atoms with Gasteiger partial charge in [-0.2, -0.15) is 5.10 Å². The molecule has 4 nitrogen and oxygen atoms in total. The number of nitrogen functional groups attached to an aromatic ring is 1. The Bertz CT molecular complexity index is 487. The van der Waals surface area contributed by atoms with Crippen molar-refractivity contribution in [1.82, 2.24) is 14.8 Å². The van der Waals surface area contributed by atoms with Crippen molar-refractivity contribution in [3.8, 4) is 5.82 Å². The lowest BCUT2D eigenvalue weighted by Gasteiger charge is -2.03. The van der Waals surface area contributed by atoms with E-state index in [2.05, 4.69) is 10.1 Å². The third kappa shape index (κ3) is 1.91. The van der Waals surface area contributed by atoms with E-state index in [0.29, 0.717) is 21.6 Å². The molecular weight excluding hydrogens is 235 g/mol. The number of aryl methyl sites for hydroxylation is 1. The lowest BCUT2D eigenvalue weighted by Crippen LogP contribution is -2.03. The molecule has 2 rings (SSSR count). The second-order valence-corrected chi connectivity index (χ2v) is 3.92. The second kappa shape index (κ2) is 3.72. The summed E-state index contributed by atoms with van der Waals surface area (Å²) in [6.45, 7) is 1.81. The van der Waals surface area contributed by atoms with Crippen LogP contribution in [0.5, 0.6) is 0 Å². The molecule has 2 aromatic rings. The Hall–Kier alpha value is -1.26. The van der Waals surface area contributed by atoms with E-state index < -0.39 is 0 Å². The highest BCUT2D eigenvalue weighted by atomic mass is 35.5. The maximum atomic E-state index is 5.88. The van der Waals surface area contributed by atoms with Gasteiger partial charge >= 0.3 is 0 Å². The fourth-order valence-electron chi connectivity index (χ4n) is 1.19. The van der Waals surface area contributed by atoms with Crippen molar-refractivity contribution < 1.29 is 0 Å². The van der Waals surface area contributed by atoms with Crippen molar-refractivity contribution in [1.29, 1.82) is 0 Å². The SMILES string of the molecule is Cc1nn(-c2ncc(Cl)cc2N)cc1Cl. The number of anilines is 1. The number of hydrogen-bond donors (Lipinski definition) is 1. The number of aromatic nitrogens is 3. The first-order chi connectivity index (χ1) is 7.08. The zero-order chi connectivity index (χ0) is 11.0. The maximum absolute atomic E-state index is 5.88. The van der Waals surface area contributed by atoms with Gasteiger partial charge in [-0.25, -0.2) is 9.67 Å². The second-order valence-electron chi connectivity index (χ2n) is 3.07. The smallest absolute Gasteiger partial charge is 0.176 e. The zero-order valence-electron chi connectivity index (χ0n) is 7.91. The first-order valence-corrected chi connectivity index (χ1v) is 4.96. The fourth-order valence-corrected chi connectivity index (χ4v) is 1.48. The first kappa shape index (κ1) is 10.3. The summed E-state index contributed by atoms with van der Waals surface area (Å²) in [7, 11) is 0. The molecular formula is C9H8Cl2N4. The van der Waals surface area contributed by atoms with E-state index in [1.54, 1.807) is 12.3 Å². The van der Waals surface area contributed by atoms with Gasteiger partial charge in [0.05, 0.1) is 27.6 Å². The summed E-state index contributed by atoms with van der Waals surface area (Å²) in [4.78, 5) is 4.09. The summed E-state index contributed by atoms with van der Waals surface area (Å²) in [5.74, 6) is 0.523. The minimum Gasteiger partial charge on any atom is -0.396 e. The molecule has 6 heteroatoms. The molecule has 0 saturated carbocycles. The topological polar surface area (TPSA) is 56.7 Å². The molecule has 0 aliphatic carbocycles. The normalized spacial score (nSPS) is 10.6. The average Bonchev–Trinajstić information content (AvgIpc) is 2.46. The van der Waals surface area contributed by atoms with Crippen molar-refractivity contribution in [2.24, 2.45) is 0 Å². The minimum atomic E-state index is 0.460. The van der Waals surface area contributed by atoms with E-state index in [4.69, 9.17) is 28.9 Å². The number of rotatable bonds is 1. The Morgan fingerprint density at radius 1 is 1.40 bits per heavy atom.